The highest BCUT2D eigenvalue weighted by atomic mass is 14.4. The maximum absolute atomic E-state index is 2.55. The molecule has 0 radical (unpaired) electrons. The summed E-state index contributed by atoms with van der Waals surface area (Å²) < 4.78 is 0. The summed E-state index contributed by atoms with van der Waals surface area (Å²) in [6.45, 7) is 3.60. The van der Waals surface area contributed by atoms with Crippen molar-refractivity contribution >= 4 is 6.71 Å². The second kappa shape index (κ2) is 4.15. The number of hydrogen-bond donors (Lipinski definition) is 0. The van der Waals surface area contributed by atoms with Gasteiger partial charge >= 0.3 is 0 Å². The van der Waals surface area contributed by atoms with Gasteiger partial charge in [-0.1, -0.05) is 63.9 Å². The van der Waals surface area contributed by atoms with Crippen LogP contribution in [0.25, 0.3) is 0 Å². The smallest absolute Gasteiger partial charge is 0.0858 e. The van der Waals surface area contributed by atoms with Gasteiger partial charge in [0.1, 0.15) is 6.71 Å². The molecule has 2 aliphatic carbocycles. The van der Waals surface area contributed by atoms with E-state index >= 15 is 0 Å². The summed E-state index contributed by atoms with van der Waals surface area (Å²) in [5, 5.41) is 0. The minimum absolute atomic E-state index is 1.05. The summed E-state index contributed by atoms with van der Waals surface area (Å²) in [4.78, 5) is 0. The Morgan fingerprint density at radius 3 is 2.33 bits per heavy atom. The van der Waals surface area contributed by atoms with Crippen LogP contribution in [-0.2, 0) is 0 Å². The average molecular weight is 204 g/mol. The largest absolute Gasteiger partial charge is 0.140 e. The van der Waals surface area contributed by atoms with Crippen molar-refractivity contribution in [2.75, 3.05) is 0 Å². The molecule has 0 N–H and O–H groups in total. The molecule has 0 nitrogen and oxygen atoms in total. The zero-order valence-corrected chi connectivity index (χ0v) is 10.3. The van der Waals surface area contributed by atoms with Gasteiger partial charge in [0.05, 0.1) is 0 Å². The van der Waals surface area contributed by atoms with Gasteiger partial charge in [-0.3, -0.25) is 0 Å². The molecular formula is C14H25B. The van der Waals surface area contributed by atoms with E-state index in [-0.39, 0.29) is 0 Å². The Bertz CT molecular complexity index is 225. The molecule has 3 fully saturated rings. The molecule has 1 heteroatoms. The highest BCUT2D eigenvalue weighted by Crippen LogP contribution is 2.53. The van der Waals surface area contributed by atoms with Crippen LogP contribution in [-0.4, -0.2) is 6.71 Å². The molecule has 0 aromatic heterocycles. The van der Waals surface area contributed by atoms with Gasteiger partial charge in [-0.25, -0.2) is 0 Å². The summed E-state index contributed by atoms with van der Waals surface area (Å²) >= 11 is 0. The van der Waals surface area contributed by atoms with Crippen molar-refractivity contribution < 1.29 is 0 Å². The third-order valence-electron chi connectivity index (χ3n) is 5.80. The van der Waals surface area contributed by atoms with E-state index in [2.05, 4.69) is 6.82 Å². The Hall–Kier alpha value is 0.0649. The van der Waals surface area contributed by atoms with Gasteiger partial charge in [-0.2, -0.15) is 0 Å². The van der Waals surface area contributed by atoms with Crippen LogP contribution < -0.4 is 0 Å². The first-order valence-corrected chi connectivity index (χ1v) is 7.36. The highest BCUT2D eigenvalue weighted by molar-refractivity contribution is 6.59. The Morgan fingerprint density at radius 1 is 0.800 bits per heavy atom. The fourth-order valence-corrected chi connectivity index (χ4v) is 5.17. The Labute approximate surface area is 95.3 Å². The molecule has 3 aliphatic rings. The lowest BCUT2D eigenvalue weighted by Crippen LogP contribution is -2.43. The van der Waals surface area contributed by atoms with E-state index in [9.17, 15) is 0 Å². The summed E-state index contributed by atoms with van der Waals surface area (Å²) in [6, 6.07) is 0. The van der Waals surface area contributed by atoms with Crippen LogP contribution in [0.4, 0.5) is 0 Å². The van der Waals surface area contributed by atoms with E-state index in [0.717, 1.165) is 30.3 Å². The molecule has 0 aromatic rings. The van der Waals surface area contributed by atoms with Crippen LogP contribution in [0.1, 0.15) is 51.4 Å². The lowest BCUT2D eigenvalue weighted by Gasteiger charge is -2.50. The second-order valence-corrected chi connectivity index (χ2v) is 6.53. The molecule has 4 unspecified atom stereocenters. The molecule has 0 spiro atoms. The maximum Gasteiger partial charge on any atom is 0.140 e. The molecule has 1 saturated heterocycles. The van der Waals surface area contributed by atoms with E-state index in [1.807, 2.05) is 0 Å². The van der Waals surface area contributed by atoms with Crippen LogP contribution in [0.2, 0.25) is 19.0 Å². The van der Waals surface area contributed by atoms with E-state index in [4.69, 9.17) is 0 Å². The van der Waals surface area contributed by atoms with Crippen molar-refractivity contribution in [3.8, 4) is 0 Å². The highest BCUT2D eigenvalue weighted by Gasteiger charge is 2.45. The van der Waals surface area contributed by atoms with Crippen molar-refractivity contribution in [2.45, 2.75) is 70.3 Å². The number of fused-ring (bicyclic) bond motifs is 3. The van der Waals surface area contributed by atoms with Crippen molar-refractivity contribution in [1.29, 1.82) is 0 Å². The Morgan fingerprint density at radius 2 is 1.47 bits per heavy atom. The first kappa shape index (κ1) is 10.2. The van der Waals surface area contributed by atoms with Gasteiger partial charge in [-0.05, 0) is 24.2 Å². The predicted molar refractivity (Wildman–Crippen MR) is 67.6 cm³/mol. The van der Waals surface area contributed by atoms with Crippen molar-refractivity contribution in [1.82, 2.24) is 0 Å². The van der Waals surface area contributed by atoms with E-state index in [1.54, 1.807) is 38.4 Å². The van der Waals surface area contributed by atoms with Gasteiger partial charge in [0, 0.05) is 0 Å². The minimum atomic E-state index is 1.05. The molecule has 0 aromatic carbocycles. The first-order valence-electron chi connectivity index (χ1n) is 7.36. The molecule has 2 saturated carbocycles. The zero-order chi connectivity index (χ0) is 10.3. The van der Waals surface area contributed by atoms with Crippen LogP contribution in [0.15, 0.2) is 0 Å². The van der Waals surface area contributed by atoms with Crippen LogP contribution in [0.3, 0.4) is 0 Å². The normalized spacial score (nSPS) is 45.8. The molecule has 0 bridgehead atoms. The summed E-state index contributed by atoms with van der Waals surface area (Å²) in [7, 11) is 0. The standard InChI is InChI=1S/C14H25B/c1-15-10-11-6-2-3-7-12(11)13-8-4-5-9-14(13)15/h11-14H,2-10H2,1H3. The van der Waals surface area contributed by atoms with E-state index in [0.29, 0.717) is 0 Å². The topological polar surface area (TPSA) is 0 Å². The summed E-state index contributed by atoms with van der Waals surface area (Å²) in [5.41, 5.74) is 0. The van der Waals surface area contributed by atoms with Crippen LogP contribution >= 0.6 is 0 Å². The molecule has 15 heavy (non-hydrogen) atoms. The van der Waals surface area contributed by atoms with Crippen molar-refractivity contribution in [3.63, 3.8) is 0 Å². The van der Waals surface area contributed by atoms with Crippen molar-refractivity contribution in [3.05, 3.63) is 0 Å². The van der Waals surface area contributed by atoms with Gasteiger partial charge in [0.15, 0.2) is 0 Å². The third-order valence-corrected chi connectivity index (χ3v) is 5.80. The third kappa shape index (κ3) is 1.76. The summed E-state index contributed by atoms with van der Waals surface area (Å²) in [5.74, 6) is 4.55. The minimum Gasteiger partial charge on any atom is -0.0858 e. The predicted octanol–water partition coefficient (Wildman–Crippen LogP) is 4.49. The van der Waals surface area contributed by atoms with Gasteiger partial charge in [0.25, 0.3) is 0 Å². The lowest BCUT2D eigenvalue weighted by atomic mass is 9.29. The number of hydrogen-bond acceptors (Lipinski definition) is 0. The van der Waals surface area contributed by atoms with Crippen molar-refractivity contribution in [2.24, 2.45) is 17.8 Å². The number of rotatable bonds is 0. The fraction of sp³-hybridized carbons (Fsp3) is 1.00. The monoisotopic (exact) mass is 204 g/mol. The van der Waals surface area contributed by atoms with Gasteiger partial charge < -0.3 is 0 Å². The molecule has 0 amide bonds. The molecule has 1 heterocycles. The Kier molecular flexibility index (Phi) is 2.83. The lowest BCUT2D eigenvalue weighted by molar-refractivity contribution is 0.123. The fourth-order valence-electron chi connectivity index (χ4n) is 5.17. The van der Waals surface area contributed by atoms with E-state index in [1.165, 1.54) is 19.3 Å². The molecule has 84 valence electrons. The maximum atomic E-state index is 2.55. The second-order valence-electron chi connectivity index (χ2n) is 6.53. The Balaban J connectivity index is 1.79. The average Bonchev–Trinajstić information content (AvgIpc) is 2.30. The summed E-state index contributed by atoms with van der Waals surface area (Å²) in [6.07, 6.45) is 14.0. The molecule has 1 aliphatic heterocycles. The van der Waals surface area contributed by atoms with Crippen LogP contribution in [0, 0.1) is 17.8 Å². The molecular weight excluding hydrogens is 179 g/mol. The van der Waals surface area contributed by atoms with Gasteiger partial charge in [0.2, 0.25) is 0 Å². The van der Waals surface area contributed by atoms with Gasteiger partial charge in [-0.15, -0.1) is 0 Å². The zero-order valence-electron chi connectivity index (χ0n) is 10.3. The quantitative estimate of drug-likeness (QED) is 0.510. The SMILES string of the molecule is CB1CC2CCCCC2C2CCCCC12. The molecule has 4 atom stereocenters. The van der Waals surface area contributed by atoms with E-state index < -0.39 is 0 Å². The van der Waals surface area contributed by atoms with Crippen LogP contribution in [0.5, 0.6) is 0 Å². The first-order chi connectivity index (χ1) is 7.36. The molecule has 3 rings (SSSR count).